The third-order valence-electron chi connectivity index (χ3n) is 6.58. The van der Waals surface area contributed by atoms with Gasteiger partial charge in [-0.05, 0) is 67.9 Å². The van der Waals surface area contributed by atoms with Gasteiger partial charge in [-0.1, -0.05) is 12.1 Å². The van der Waals surface area contributed by atoms with E-state index in [0.29, 0.717) is 36.6 Å². The highest BCUT2D eigenvalue weighted by molar-refractivity contribution is 6.00. The summed E-state index contributed by atoms with van der Waals surface area (Å²) in [4.78, 5) is 23.7. The van der Waals surface area contributed by atoms with E-state index in [2.05, 4.69) is 5.32 Å². The molecule has 2 aromatic carbocycles. The first kappa shape index (κ1) is 23.5. The van der Waals surface area contributed by atoms with Gasteiger partial charge in [0.2, 0.25) is 5.91 Å². The van der Waals surface area contributed by atoms with Crippen LogP contribution in [-0.2, 0) is 9.59 Å². The summed E-state index contributed by atoms with van der Waals surface area (Å²) in [5.41, 5.74) is 3.78. The lowest BCUT2D eigenvalue weighted by Gasteiger charge is -2.26. The molecule has 0 spiro atoms. The van der Waals surface area contributed by atoms with Gasteiger partial charge >= 0.3 is 5.97 Å². The molecule has 0 saturated heterocycles. The zero-order chi connectivity index (χ0) is 24.2. The number of halogens is 1. The van der Waals surface area contributed by atoms with Gasteiger partial charge in [-0.25, -0.2) is 4.39 Å². The number of furan rings is 1. The molecule has 1 fully saturated rings. The van der Waals surface area contributed by atoms with Crippen LogP contribution >= 0.6 is 0 Å². The fourth-order valence-electron chi connectivity index (χ4n) is 4.57. The Kier molecular flexibility index (Phi) is 7.01. The number of hydrogen-bond acceptors (Lipinski definition) is 4. The lowest BCUT2D eigenvalue weighted by atomic mass is 9.82. The smallest absolute Gasteiger partial charge is 0.306 e. The molecule has 1 aliphatic rings. The fraction of sp³-hybridized carbons (Fsp3) is 0.333. The summed E-state index contributed by atoms with van der Waals surface area (Å²) in [6.07, 6.45) is 6.09. The number of ether oxygens (including phenoxy) is 1. The van der Waals surface area contributed by atoms with E-state index < -0.39 is 5.97 Å². The number of fused-ring (bicyclic) bond motifs is 1. The van der Waals surface area contributed by atoms with E-state index in [1.807, 2.05) is 13.0 Å². The molecule has 0 unspecified atom stereocenters. The first-order valence-corrected chi connectivity index (χ1v) is 11.4. The Balaban J connectivity index is 1.51. The maximum absolute atomic E-state index is 13.4. The number of hydrogen-bond donors (Lipinski definition) is 2. The largest absolute Gasteiger partial charge is 0.496 e. The zero-order valence-corrected chi connectivity index (χ0v) is 19.3. The van der Waals surface area contributed by atoms with Gasteiger partial charge in [0.15, 0.2) is 0 Å². The SMILES string of the molecule is COc1cc2occ(-c3ccc(F)cc3)c2cc1/C(C)=C/C(=O)NCC1CCC(C(=O)O)CC1. The monoisotopic (exact) mass is 465 g/mol. The highest BCUT2D eigenvalue weighted by Crippen LogP contribution is 2.37. The van der Waals surface area contributed by atoms with Crippen LogP contribution in [0.1, 0.15) is 38.2 Å². The topological polar surface area (TPSA) is 88.8 Å². The molecule has 1 aliphatic carbocycles. The molecule has 3 aromatic rings. The Hall–Kier alpha value is -3.61. The van der Waals surface area contributed by atoms with E-state index in [1.165, 1.54) is 12.1 Å². The number of nitrogens with one attached hydrogen (secondary N) is 1. The molecule has 0 radical (unpaired) electrons. The third kappa shape index (κ3) is 5.14. The number of carbonyl (C=O) groups excluding carboxylic acids is 1. The van der Waals surface area contributed by atoms with Gasteiger partial charge in [-0.15, -0.1) is 0 Å². The van der Waals surface area contributed by atoms with E-state index in [1.54, 1.807) is 37.6 Å². The maximum atomic E-state index is 13.4. The van der Waals surface area contributed by atoms with Crippen molar-refractivity contribution in [1.29, 1.82) is 0 Å². The first-order valence-electron chi connectivity index (χ1n) is 11.4. The number of carboxylic acid groups (broad SMARTS) is 1. The second kappa shape index (κ2) is 10.1. The van der Waals surface area contributed by atoms with Crippen molar-refractivity contribution in [2.45, 2.75) is 32.6 Å². The zero-order valence-electron chi connectivity index (χ0n) is 19.3. The average Bonchev–Trinajstić information content (AvgIpc) is 3.25. The minimum atomic E-state index is -0.729. The number of methoxy groups -OCH3 is 1. The van der Waals surface area contributed by atoms with Crippen LogP contribution in [-0.4, -0.2) is 30.6 Å². The van der Waals surface area contributed by atoms with E-state index >= 15 is 0 Å². The summed E-state index contributed by atoms with van der Waals surface area (Å²) in [5, 5.41) is 12.9. The number of carboxylic acids is 1. The summed E-state index contributed by atoms with van der Waals surface area (Å²) in [6, 6.07) is 9.91. The highest BCUT2D eigenvalue weighted by Gasteiger charge is 2.26. The standard InChI is InChI=1S/C27H28FNO5/c1-16(11-26(30)29-14-17-3-5-19(6-4-17)27(31)32)21-12-22-23(18-7-9-20(28)10-8-18)15-34-25(22)13-24(21)33-2/h7-13,15,17,19H,3-6,14H2,1-2H3,(H,29,30)(H,31,32)/b16-11+. The van der Waals surface area contributed by atoms with Crippen molar-refractivity contribution in [3.05, 3.63) is 60.1 Å². The molecular weight excluding hydrogens is 437 g/mol. The molecule has 1 heterocycles. The Morgan fingerprint density at radius 1 is 1.18 bits per heavy atom. The minimum absolute atomic E-state index is 0.203. The fourth-order valence-corrected chi connectivity index (χ4v) is 4.57. The predicted molar refractivity (Wildman–Crippen MR) is 128 cm³/mol. The summed E-state index contributed by atoms with van der Waals surface area (Å²) in [5.74, 6) is -0.625. The number of allylic oxidation sites excluding steroid dienone is 1. The number of amides is 1. The molecule has 1 aromatic heterocycles. The van der Waals surface area contributed by atoms with Gasteiger partial charge in [0, 0.05) is 35.2 Å². The molecule has 7 heteroatoms. The number of benzene rings is 2. The van der Waals surface area contributed by atoms with Crippen LogP contribution in [0, 0.1) is 17.7 Å². The average molecular weight is 466 g/mol. The summed E-state index contributed by atoms with van der Waals surface area (Å²) < 4.78 is 24.6. The van der Waals surface area contributed by atoms with Gasteiger partial charge in [0.1, 0.15) is 17.1 Å². The summed E-state index contributed by atoms with van der Waals surface area (Å²) >= 11 is 0. The molecule has 0 bridgehead atoms. The number of rotatable bonds is 7. The minimum Gasteiger partial charge on any atom is -0.496 e. The molecule has 1 saturated carbocycles. The van der Waals surface area contributed by atoms with Crippen molar-refractivity contribution < 1.29 is 28.2 Å². The second-order valence-electron chi connectivity index (χ2n) is 8.83. The van der Waals surface area contributed by atoms with Crippen molar-refractivity contribution in [3.8, 4) is 16.9 Å². The lowest BCUT2D eigenvalue weighted by Crippen LogP contribution is -2.31. The van der Waals surface area contributed by atoms with Gasteiger partial charge in [0.05, 0.1) is 19.3 Å². The molecule has 1 amide bonds. The highest BCUT2D eigenvalue weighted by atomic mass is 19.1. The Bertz CT molecular complexity index is 1220. The third-order valence-corrected chi connectivity index (χ3v) is 6.58. The Morgan fingerprint density at radius 2 is 1.88 bits per heavy atom. The predicted octanol–water partition coefficient (Wildman–Crippen LogP) is 5.66. The van der Waals surface area contributed by atoms with E-state index in [9.17, 15) is 14.0 Å². The van der Waals surface area contributed by atoms with Crippen molar-refractivity contribution >= 4 is 28.4 Å². The van der Waals surface area contributed by atoms with E-state index in [0.717, 1.165) is 40.5 Å². The second-order valence-corrected chi connectivity index (χ2v) is 8.83. The van der Waals surface area contributed by atoms with E-state index in [-0.39, 0.29) is 17.6 Å². The van der Waals surface area contributed by atoms with Crippen LogP contribution in [0.4, 0.5) is 4.39 Å². The summed E-state index contributed by atoms with van der Waals surface area (Å²) in [7, 11) is 1.56. The van der Waals surface area contributed by atoms with Crippen molar-refractivity contribution in [2.24, 2.45) is 11.8 Å². The van der Waals surface area contributed by atoms with E-state index in [4.69, 9.17) is 14.3 Å². The van der Waals surface area contributed by atoms with Crippen LogP contribution in [0.25, 0.3) is 27.7 Å². The van der Waals surface area contributed by atoms with Gasteiger partial charge in [-0.2, -0.15) is 0 Å². The Labute approximate surface area is 197 Å². The van der Waals surface area contributed by atoms with Crippen LogP contribution in [0.2, 0.25) is 0 Å². The van der Waals surface area contributed by atoms with Crippen LogP contribution < -0.4 is 10.1 Å². The van der Waals surface area contributed by atoms with Gasteiger partial charge < -0.3 is 19.6 Å². The van der Waals surface area contributed by atoms with Crippen LogP contribution in [0.3, 0.4) is 0 Å². The molecule has 178 valence electrons. The molecule has 4 rings (SSSR count). The van der Waals surface area contributed by atoms with Gasteiger partial charge in [-0.3, -0.25) is 9.59 Å². The van der Waals surface area contributed by atoms with Crippen molar-refractivity contribution in [2.75, 3.05) is 13.7 Å². The van der Waals surface area contributed by atoms with Crippen molar-refractivity contribution in [3.63, 3.8) is 0 Å². The quantitative estimate of drug-likeness (QED) is 0.440. The normalized spacial score (nSPS) is 18.6. The maximum Gasteiger partial charge on any atom is 0.306 e. The molecule has 34 heavy (non-hydrogen) atoms. The summed E-state index contributed by atoms with van der Waals surface area (Å²) in [6.45, 7) is 2.38. The van der Waals surface area contributed by atoms with Crippen molar-refractivity contribution in [1.82, 2.24) is 5.32 Å². The lowest BCUT2D eigenvalue weighted by molar-refractivity contribution is -0.143. The number of carbonyl (C=O) groups is 2. The van der Waals surface area contributed by atoms with Crippen LogP contribution in [0.15, 0.2) is 53.2 Å². The molecule has 6 nitrogen and oxygen atoms in total. The van der Waals surface area contributed by atoms with Crippen LogP contribution in [0.5, 0.6) is 5.75 Å². The Morgan fingerprint density at radius 3 is 2.53 bits per heavy atom. The molecule has 0 aliphatic heterocycles. The molecular formula is C27H28FNO5. The molecule has 0 atom stereocenters. The molecule has 2 N–H and O–H groups in total. The van der Waals surface area contributed by atoms with Gasteiger partial charge in [0.25, 0.3) is 0 Å². The first-order chi connectivity index (χ1) is 16.4. The number of aliphatic carboxylic acids is 1.